The van der Waals surface area contributed by atoms with Crippen LogP contribution in [-0.4, -0.2) is 35.2 Å². The zero-order valence-corrected chi connectivity index (χ0v) is 10.9. The third-order valence-electron chi connectivity index (χ3n) is 4.52. The first-order valence-electron chi connectivity index (χ1n) is 6.69. The van der Waals surface area contributed by atoms with Crippen LogP contribution in [0.2, 0.25) is 0 Å². The van der Waals surface area contributed by atoms with E-state index in [1.807, 2.05) is 0 Å². The summed E-state index contributed by atoms with van der Waals surface area (Å²) in [6, 6.07) is 5.57. The Labute approximate surface area is 119 Å². The molecule has 3 heterocycles. The maximum absolute atomic E-state index is 13.0. The Kier molecular flexibility index (Phi) is 2.34. The van der Waals surface area contributed by atoms with E-state index in [0.717, 1.165) is 0 Å². The van der Waals surface area contributed by atoms with E-state index in [1.54, 1.807) is 12.2 Å². The van der Waals surface area contributed by atoms with Gasteiger partial charge >= 0.3 is 5.97 Å². The minimum atomic E-state index is -1.02. The molecule has 1 N–H and O–H groups in total. The van der Waals surface area contributed by atoms with Crippen LogP contribution >= 0.6 is 0 Å². The molecule has 6 heteroatoms. The minimum Gasteiger partial charge on any atom is -0.481 e. The molecule has 0 radical (unpaired) electrons. The fourth-order valence-electron chi connectivity index (χ4n) is 3.62. The number of ether oxygens (including phenoxy) is 1. The Hall–Kier alpha value is -2.21. The van der Waals surface area contributed by atoms with Crippen molar-refractivity contribution in [3.8, 4) is 0 Å². The highest BCUT2D eigenvalue weighted by Crippen LogP contribution is 2.52. The number of carbonyl (C=O) groups excluding carboxylic acids is 1. The highest BCUT2D eigenvalue weighted by atomic mass is 19.1. The number of hydrogen-bond acceptors (Lipinski definition) is 3. The van der Waals surface area contributed by atoms with Gasteiger partial charge in [-0.15, -0.1) is 0 Å². The summed E-state index contributed by atoms with van der Waals surface area (Å²) in [7, 11) is 0. The maximum Gasteiger partial charge on any atom is 0.310 e. The monoisotopic (exact) mass is 289 g/mol. The summed E-state index contributed by atoms with van der Waals surface area (Å²) in [6.07, 6.45) is 2.98. The number of hydrogen-bond donors (Lipinski definition) is 1. The molecule has 5 nitrogen and oxygen atoms in total. The van der Waals surface area contributed by atoms with Crippen LogP contribution in [0.3, 0.4) is 0 Å². The average molecular weight is 289 g/mol. The molecular weight excluding hydrogens is 277 g/mol. The van der Waals surface area contributed by atoms with Gasteiger partial charge in [0.2, 0.25) is 5.91 Å². The number of anilines is 1. The lowest BCUT2D eigenvalue weighted by Crippen LogP contribution is -2.39. The average Bonchev–Trinajstić information content (AvgIpc) is 3.08. The van der Waals surface area contributed by atoms with Gasteiger partial charge in [-0.05, 0) is 24.3 Å². The highest BCUT2D eigenvalue weighted by Gasteiger charge is 2.67. The molecule has 1 aromatic carbocycles. The Balaban J connectivity index is 1.73. The van der Waals surface area contributed by atoms with E-state index in [-0.39, 0.29) is 18.3 Å². The van der Waals surface area contributed by atoms with Gasteiger partial charge in [0.05, 0.1) is 18.6 Å². The number of carboxylic acid groups (broad SMARTS) is 1. The van der Waals surface area contributed by atoms with Crippen molar-refractivity contribution in [1.29, 1.82) is 0 Å². The highest BCUT2D eigenvalue weighted by molar-refractivity contribution is 6.02. The number of carbonyl (C=O) groups is 2. The number of halogens is 1. The van der Waals surface area contributed by atoms with E-state index >= 15 is 0 Å². The number of carboxylic acids is 1. The van der Waals surface area contributed by atoms with Crippen molar-refractivity contribution < 1.29 is 23.8 Å². The van der Waals surface area contributed by atoms with E-state index in [9.17, 15) is 19.1 Å². The zero-order valence-electron chi connectivity index (χ0n) is 10.9. The number of benzene rings is 1. The van der Waals surface area contributed by atoms with Crippen LogP contribution in [-0.2, 0) is 14.3 Å². The van der Waals surface area contributed by atoms with Crippen LogP contribution < -0.4 is 4.90 Å². The van der Waals surface area contributed by atoms with Crippen LogP contribution in [0.4, 0.5) is 10.1 Å². The topological polar surface area (TPSA) is 66.8 Å². The molecular formula is C15H12FNO4. The van der Waals surface area contributed by atoms with Gasteiger partial charge < -0.3 is 14.7 Å². The number of amides is 1. The van der Waals surface area contributed by atoms with Crippen molar-refractivity contribution in [2.75, 3.05) is 11.4 Å². The second-order valence-corrected chi connectivity index (χ2v) is 5.64. The fraction of sp³-hybridized carbons (Fsp3) is 0.333. The Morgan fingerprint density at radius 3 is 2.76 bits per heavy atom. The van der Waals surface area contributed by atoms with Crippen LogP contribution in [0.1, 0.15) is 0 Å². The van der Waals surface area contributed by atoms with Gasteiger partial charge in [0.25, 0.3) is 0 Å². The summed E-state index contributed by atoms with van der Waals surface area (Å²) < 4.78 is 18.8. The molecule has 108 valence electrons. The lowest BCUT2D eigenvalue weighted by atomic mass is 9.77. The lowest BCUT2D eigenvalue weighted by Gasteiger charge is -2.21. The largest absolute Gasteiger partial charge is 0.481 e. The van der Waals surface area contributed by atoms with E-state index in [4.69, 9.17) is 4.74 Å². The van der Waals surface area contributed by atoms with Gasteiger partial charge in [0.1, 0.15) is 17.3 Å². The molecule has 0 aliphatic carbocycles. The van der Waals surface area contributed by atoms with Crippen LogP contribution in [0.5, 0.6) is 0 Å². The molecule has 0 aromatic heterocycles. The number of nitrogens with zero attached hydrogens (tertiary/aromatic N) is 1. The minimum absolute atomic E-state index is 0.263. The Morgan fingerprint density at radius 2 is 2.10 bits per heavy atom. The molecule has 2 fully saturated rings. The molecule has 1 spiro atoms. The molecule has 0 saturated carbocycles. The van der Waals surface area contributed by atoms with Crippen molar-refractivity contribution in [3.63, 3.8) is 0 Å². The fourth-order valence-corrected chi connectivity index (χ4v) is 3.62. The molecule has 21 heavy (non-hydrogen) atoms. The molecule has 4 atom stereocenters. The van der Waals surface area contributed by atoms with Crippen molar-refractivity contribution >= 4 is 17.6 Å². The predicted molar refractivity (Wildman–Crippen MR) is 70.1 cm³/mol. The van der Waals surface area contributed by atoms with Crippen molar-refractivity contribution in [1.82, 2.24) is 0 Å². The SMILES string of the molecule is O=C(O)C1C2C=CC3(CN(c4ccc(F)cc4)C(=O)C13)O2. The van der Waals surface area contributed by atoms with Gasteiger partial charge in [0.15, 0.2) is 0 Å². The first kappa shape index (κ1) is 12.5. The smallest absolute Gasteiger partial charge is 0.310 e. The summed E-state index contributed by atoms with van der Waals surface area (Å²) >= 11 is 0. The number of rotatable bonds is 2. The van der Waals surface area contributed by atoms with Gasteiger partial charge in [-0.3, -0.25) is 9.59 Å². The second kappa shape index (κ2) is 3.92. The van der Waals surface area contributed by atoms with Crippen LogP contribution in [0, 0.1) is 17.7 Å². The molecule has 1 amide bonds. The quantitative estimate of drug-likeness (QED) is 0.831. The number of fused-ring (bicyclic) bond motifs is 1. The molecule has 1 aromatic rings. The van der Waals surface area contributed by atoms with E-state index in [1.165, 1.54) is 29.2 Å². The van der Waals surface area contributed by atoms with Crippen molar-refractivity contribution in [2.45, 2.75) is 11.7 Å². The summed E-state index contributed by atoms with van der Waals surface area (Å²) in [5.74, 6) is -3.25. The second-order valence-electron chi connectivity index (χ2n) is 5.64. The predicted octanol–water partition coefficient (Wildman–Crippen LogP) is 1.20. The summed E-state index contributed by atoms with van der Waals surface area (Å²) in [5.41, 5.74) is -0.311. The van der Waals surface area contributed by atoms with Gasteiger partial charge in [-0.1, -0.05) is 12.2 Å². The molecule has 3 aliphatic heterocycles. The lowest BCUT2D eigenvalue weighted by molar-refractivity contribution is -0.146. The molecule has 2 saturated heterocycles. The molecule has 4 rings (SSSR count). The molecule has 2 bridgehead atoms. The molecule has 4 unspecified atom stereocenters. The first-order chi connectivity index (χ1) is 10.0. The summed E-state index contributed by atoms with van der Waals surface area (Å²) in [6.45, 7) is 0.263. The Bertz CT molecular complexity index is 671. The van der Waals surface area contributed by atoms with Crippen LogP contribution in [0.25, 0.3) is 0 Å². The van der Waals surface area contributed by atoms with E-state index in [2.05, 4.69) is 0 Å². The van der Waals surface area contributed by atoms with Crippen molar-refractivity contribution in [2.24, 2.45) is 11.8 Å². The Morgan fingerprint density at radius 1 is 1.38 bits per heavy atom. The van der Waals surface area contributed by atoms with Crippen LogP contribution in [0.15, 0.2) is 36.4 Å². The summed E-state index contributed by atoms with van der Waals surface area (Å²) in [5, 5.41) is 9.36. The molecule has 3 aliphatic rings. The van der Waals surface area contributed by atoms with E-state index < -0.39 is 29.5 Å². The van der Waals surface area contributed by atoms with Gasteiger partial charge in [-0.2, -0.15) is 0 Å². The third kappa shape index (κ3) is 1.53. The standard InChI is InChI=1S/C15H12FNO4/c16-8-1-3-9(4-2-8)17-7-15-6-5-10(21-15)11(14(19)20)12(15)13(17)18/h1-6,10-12H,7H2,(H,19,20). The van der Waals surface area contributed by atoms with Gasteiger partial charge in [-0.25, -0.2) is 4.39 Å². The first-order valence-corrected chi connectivity index (χ1v) is 6.69. The summed E-state index contributed by atoms with van der Waals surface area (Å²) in [4.78, 5) is 25.5. The third-order valence-corrected chi connectivity index (χ3v) is 4.52. The zero-order chi connectivity index (χ0) is 14.8. The van der Waals surface area contributed by atoms with E-state index in [0.29, 0.717) is 5.69 Å². The normalized spacial score (nSPS) is 36.3. The van der Waals surface area contributed by atoms with Crippen molar-refractivity contribution in [3.05, 3.63) is 42.2 Å². The van der Waals surface area contributed by atoms with Gasteiger partial charge in [0, 0.05) is 5.69 Å². The maximum atomic E-state index is 13.0. The number of aliphatic carboxylic acids is 1.